The van der Waals surface area contributed by atoms with Gasteiger partial charge in [0.2, 0.25) is 0 Å². The molecule has 1 aliphatic rings. The van der Waals surface area contributed by atoms with E-state index < -0.39 is 0 Å². The van der Waals surface area contributed by atoms with E-state index in [1.165, 1.54) is 45.3 Å². The molecule has 1 saturated heterocycles. The molecule has 1 fully saturated rings. The quantitative estimate of drug-likeness (QED) is 0.729. The van der Waals surface area contributed by atoms with Gasteiger partial charge in [0.1, 0.15) is 0 Å². The average molecular weight is 198 g/mol. The second-order valence-electron chi connectivity index (χ2n) is 4.59. The van der Waals surface area contributed by atoms with Crippen molar-refractivity contribution in [1.82, 2.24) is 10.2 Å². The first kappa shape index (κ1) is 12.0. The lowest BCUT2D eigenvalue weighted by Gasteiger charge is -2.38. The summed E-state index contributed by atoms with van der Waals surface area (Å²) in [5.41, 5.74) is 0. The summed E-state index contributed by atoms with van der Waals surface area (Å²) in [5, 5.41) is 3.63. The molecule has 0 bridgehead atoms. The SMILES string of the molecule is CCCCN1CC(CCC)NCC1C. The van der Waals surface area contributed by atoms with Gasteiger partial charge in [-0.15, -0.1) is 0 Å². The van der Waals surface area contributed by atoms with Crippen LogP contribution in [0.5, 0.6) is 0 Å². The molecule has 1 rings (SSSR count). The highest BCUT2D eigenvalue weighted by molar-refractivity contribution is 4.83. The van der Waals surface area contributed by atoms with E-state index in [0.717, 1.165) is 12.1 Å². The van der Waals surface area contributed by atoms with Crippen LogP contribution in [0.25, 0.3) is 0 Å². The topological polar surface area (TPSA) is 15.3 Å². The van der Waals surface area contributed by atoms with Crippen molar-refractivity contribution in [3.05, 3.63) is 0 Å². The molecule has 0 spiro atoms. The average Bonchev–Trinajstić information content (AvgIpc) is 2.19. The van der Waals surface area contributed by atoms with Gasteiger partial charge >= 0.3 is 0 Å². The number of nitrogens with one attached hydrogen (secondary N) is 1. The van der Waals surface area contributed by atoms with E-state index in [1.807, 2.05) is 0 Å². The summed E-state index contributed by atoms with van der Waals surface area (Å²) >= 11 is 0. The third kappa shape index (κ3) is 3.58. The molecule has 0 aromatic rings. The first-order valence-electron chi connectivity index (χ1n) is 6.25. The first-order valence-corrected chi connectivity index (χ1v) is 6.25. The van der Waals surface area contributed by atoms with E-state index in [2.05, 4.69) is 31.0 Å². The number of nitrogens with zero attached hydrogens (tertiary/aromatic N) is 1. The number of piperazine rings is 1. The zero-order chi connectivity index (χ0) is 10.4. The Hall–Kier alpha value is -0.0800. The highest BCUT2D eigenvalue weighted by Gasteiger charge is 2.23. The number of hydrogen-bond donors (Lipinski definition) is 1. The number of rotatable bonds is 5. The molecule has 1 heterocycles. The van der Waals surface area contributed by atoms with Crippen molar-refractivity contribution in [2.45, 2.75) is 58.5 Å². The van der Waals surface area contributed by atoms with Gasteiger partial charge in [0.15, 0.2) is 0 Å². The van der Waals surface area contributed by atoms with Gasteiger partial charge in [-0.05, 0) is 26.3 Å². The fraction of sp³-hybridized carbons (Fsp3) is 1.00. The fourth-order valence-electron chi connectivity index (χ4n) is 2.21. The molecule has 2 unspecified atom stereocenters. The molecule has 2 nitrogen and oxygen atoms in total. The van der Waals surface area contributed by atoms with E-state index >= 15 is 0 Å². The van der Waals surface area contributed by atoms with Gasteiger partial charge in [-0.3, -0.25) is 4.90 Å². The highest BCUT2D eigenvalue weighted by Crippen LogP contribution is 2.11. The second kappa shape index (κ2) is 6.41. The Labute approximate surface area is 89.1 Å². The maximum absolute atomic E-state index is 3.63. The van der Waals surface area contributed by atoms with Crippen LogP contribution in [0.4, 0.5) is 0 Å². The lowest BCUT2D eigenvalue weighted by Crippen LogP contribution is -2.55. The van der Waals surface area contributed by atoms with E-state index in [9.17, 15) is 0 Å². The van der Waals surface area contributed by atoms with Crippen molar-refractivity contribution >= 4 is 0 Å². The van der Waals surface area contributed by atoms with E-state index in [4.69, 9.17) is 0 Å². The molecule has 2 heteroatoms. The Morgan fingerprint density at radius 3 is 2.71 bits per heavy atom. The fourth-order valence-corrected chi connectivity index (χ4v) is 2.21. The van der Waals surface area contributed by atoms with Crippen LogP contribution >= 0.6 is 0 Å². The van der Waals surface area contributed by atoms with Crippen molar-refractivity contribution in [3.63, 3.8) is 0 Å². The molecule has 0 aromatic heterocycles. The molecule has 1 aliphatic heterocycles. The minimum Gasteiger partial charge on any atom is -0.311 e. The molecule has 0 saturated carbocycles. The van der Waals surface area contributed by atoms with Crippen LogP contribution < -0.4 is 5.32 Å². The van der Waals surface area contributed by atoms with Crippen molar-refractivity contribution in [2.24, 2.45) is 0 Å². The third-order valence-corrected chi connectivity index (χ3v) is 3.22. The second-order valence-corrected chi connectivity index (χ2v) is 4.59. The van der Waals surface area contributed by atoms with Crippen LogP contribution in [0.2, 0.25) is 0 Å². The Balaban J connectivity index is 2.30. The number of hydrogen-bond acceptors (Lipinski definition) is 2. The largest absolute Gasteiger partial charge is 0.311 e. The van der Waals surface area contributed by atoms with Crippen molar-refractivity contribution in [2.75, 3.05) is 19.6 Å². The monoisotopic (exact) mass is 198 g/mol. The Kier molecular flexibility index (Phi) is 5.49. The van der Waals surface area contributed by atoms with E-state index in [0.29, 0.717) is 0 Å². The van der Waals surface area contributed by atoms with Crippen LogP contribution in [-0.2, 0) is 0 Å². The van der Waals surface area contributed by atoms with Gasteiger partial charge in [-0.2, -0.15) is 0 Å². The third-order valence-electron chi connectivity index (χ3n) is 3.22. The van der Waals surface area contributed by atoms with Crippen LogP contribution in [0, 0.1) is 0 Å². The first-order chi connectivity index (χ1) is 6.77. The molecule has 0 aliphatic carbocycles. The summed E-state index contributed by atoms with van der Waals surface area (Å²) in [6, 6.07) is 1.47. The normalized spacial score (nSPS) is 29.4. The van der Waals surface area contributed by atoms with Gasteiger partial charge in [-0.1, -0.05) is 26.7 Å². The predicted molar refractivity (Wildman–Crippen MR) is 62.6 cm³/mol. The molecule has 2 atom stereocenters. The highest BCUT2D eigenvalue weighted by atomic mass is 15.2. The molecule has 1 N–H and O–H groups in total. The van der Waals surface area contributed by atoms with Gasteiger partial charge in [0.05, 0.1) is 0 Å². The van der Waals surface area contributed by atoms with Crippen molar-refractivity contribution < 1.29 is 0 Å². The summed E-state index contributed by atoms with van der Waals surface area (Å²) in [6.45, 7) is 10.6. The summed E-state index contributed by atoms with van der Waals surface area (Å²) in [4.78, 5) is 2.65. The summed E-state index contributed by atoms with van der Waals surface area (Å²) in [6.07, 6.45) is 5.29. The summed E-state index contributed by atoms with van der Waals surface area (Å²) in [5.74, 6) is 0. The van der Waals surface area contributed by atoms with E-state index in [-0.39, 0.29) is 0 Å². The Morgan fingerprint density at radius 1 is 1.29 bits per heavy atom. The van der Waals surface area contributed by atoms with Crippen LogP contribution in [0.15, 0.2) is 0 Å². The van der Waals surface area contributed by atoms with Crippen LogP contribution in [0.3, 0.4) is 0 Å². The predicted octanol–water partition coefficient (Wildman–Crippen LogP) is 2.25. The minimum atomic E-state index is 0.731. The zero-order valence-corrected chi connectivity index (χ0v) is 10.1. The molecule has 0 radical (unpaired) electrons. The zero-order valence-electron chi connectivity index (χ0n) is 10.1. The van der Waals surface area contributed by atoms with Gasteiger partial charge < -0.3 is 5.32 Å². The molecule has 0 amide bonds. The Morgan fingerprint density at radius 2 is 2.07 bits per heavy atom. The van der Waals surface area contributed by atoms with E-state index in [1.54, 1.807) is 0 Å². The smallest absolute Gasteiger partial charge is 0.0195 e. The molecule has 14 heavy (non-hydrogen) atoms. The Bertz CT molecular complexity index is 147. The maximum atomic E-state index is 3.63. The molecule has 0 aromatic carbocycles. The van der Waals surface area contributed by atoms with Crippen LogP contribution in [-0.4, -0.2) is 36.6 Å². The molecular weight excluding hydrogens is 172 g/mol. The van der Waals surface area contributed by atoms with Gasteiger partial charge in [-0.25, -0.2) is 0 Å². The molecule has 84 valence electrons. The lowest BCUT2D eigenvalue weighted by molar-refractivity contribution is 0.135. The lowest BCUT2D eigenvalue weighted by atomic mass is 10.1. The maximum Gasteiger partial charge on any atom is 0.0195 e. The molecular formula is C12H26N2. The van der Waals surface area contributed by atoms with Crippen molar-refractivity contribution in [3.8, 4) is 0 Å². The van der Waals surface area contributed by atoms with Gasteiger partial charge in [0, 0.05) is 25.2 Å². The van der Waals surface area contributed by atoms with Crippen molar-refractivity contribution in [1.29, 1.82) is 0 Å². The summed E-state index contributed by atoms with van der Waals surface area (Å²) < 4.78 is 0. The number of unbranched alkanes of at least 4 members (excludes halogenated alkanes) is 1. The standard InChI is InChI=1S/C12H26N2/c1-4-6-8-14-10-12(7-5-2)13-9-11(14)3/h11-13H,4-10H2,1-3H3. The minimum absolute atomic E-state index is 0.731. The van der Waals surface area contributed by atoms with Gasteiger partial charge in [0.25, 0.3) is 0 Å². The summed E-state index contributed by atoms with van der Waals surface area (Å²) in [7, 11) is 0. The van der Waals surface area contributed by atoms with Crippen LogP contribution in [0.1, 0.15) is 46.5 Å².